The molecule has 0 unspecified atom stereocenters. The lowest BCUT2D eigenvalue weighted by Crippen LogP contribution is -2.00. The number of hydrogen-bond acceptors (Lipinski definition) is 2. The molecule has 0 aliphatic rings. The lowest BCUT2D eigenvalue weighted by molar-refractivity contribution is 0.0697. The Bertz CT molecular complexity index is 780. The summed E-state index contributed by atoms with van der Waals surface area (Å²) in [6.07, 6.45) is 1.78. The van der Waals surface area contributed by atoms with Gasteiger partial charge in [-0.25, -0.2) is 9.48 Å². The van der Waals surface area contributed by atoms with Crippen LogP contribution in [0.5, 0.6) is 0 Å². The van der Waals surface area contributed by atoms with E-state index in [1.165, 1.54) is 0 Å². The van der Waals surface area contributed by atoms with Crippen LogP contribution in [-0.2, 0) is 0 Å². The number of aromatic nitrogens is 2. The zero-order chi connectivity index (χ0) is 13.4. The second kappa shape index (κ2) is 4.65. The van der Waals surface area contributed by atoms with E-state index < -0.39 is 5.97 Å². The molecule has 2 aromatic carbocycles. The Morgan fingerprint density at radius 1 is 1.21 bits per heavy atom. The van der Waals surface area contributed by atoms with Gasteiger partial charge in [-0.15, -0.1) is 0 Å². The molecule has 0 saturated carbocycles. The summed E-state index contributed by atoms with van der Waals surface area (Å²) < 4.78 is 2.89. The smallest absolute Gasteiger partial charge is 0.335 e. The van der Waals surface area contributed by atoms with Gasteiger partial charge >= 0.3 is 5.97 Å². The SMILES string of the molecule is O=C(O)c1cccc(-n2ncc3cc(I)ccc32)c1. The van der Waals surface area contributed by atoms with E-state index in [0.717, 1.165) is 20.2 Å². The number of carboxylic acids is 1. The maximum Gasteiger partial charge on any atom is 0.335 e. The van der Waals surface area contributed by atoms with Gasteiger partial charge in [0.25, 0.3) is 0 Å². The first-order valence-electron chi connectivity index (χ1n) is 5.62. The van der Waals surface area contributed by atoms with Crippen molar-refractivity contribution in [2.45, 2.75) is 0 Å². The van der Waals surface area contributed by atoms with E-state index in [1.54, 1.807) is 29.1 Å². The largest absolute Gasteiger partial charge is 0.478 e. The van der Waals surface area contributed by atoms with E-state index in [0.29, 0.717) is 0 Å². The Morgan fingerprint density at radius 3 is 2.84 bits per heavy atom. The molecule has 1 aromatic heterocycles. The van der Waals surface area contributed by atoms with Gasteiger partial charge in [0.1, 0.15) is 0 Å². The molecule has 0 aliphatic heterocycles. The second-order valence-corrected chi connectivity index (χ2v) is 5.36. The predicted molar refractivity (Wildman–Crippen MR) is 80.7 cm³/mol. The number of hydrogen-bond donors (Lipinski definition) is 1. The molecule has 0 spiro atoms. The van der Waals surface area contributed by atoms with E-state index in [9.17, 15) is 4.79 Å². The highest BCUT2D eigenvalue weighted by molar-refractivity contribution is 14.1. The van der Waals surface area contributed by atoms with E-state index in [2.05, 4.69) is 27.7 Å². The molecule has 0 aliphatic carbocycles. The average Bonchev–Trinajstić information content (AvgIpc) is 2.81. The molecule has 1 N–H and O–H groups in total. The molecule has 0 atom stereocenters. The van der Waals surface area contributed by atoms with Gasteiger partial charge in [0.05, 0.1) is 23.0 Å². The zero-order valence-electron chi connectivity index (χ0n) is 9.75. The number of fused-ring (bicyclic) bond motifs is 1. The third kappa shape index (κ3) is 2.21. The molecule has 5 heteroatoms. The lowest BCUT2D eigenvalue weighted by atomic mass is 10.2. The first-order valence-corrected chi connectivity index (χ1v) is 6.70. The van der Waals surface area contributed by atoms with Crippen molar-refractivity contribution in [3.05, 3.63) is 57.8 Å². The molecule has 4 nitrogen and oxygen atoms in total. The van der Waals surface area contributed by atoms with E-state index in [1.807, 2.05) is 24.3 Å². The molecule has 3 rings (SSSR count). The van der Waals surface area contributed by atoms with Crippen LogP contribution in [0.3, 0.4) is 0 Å². The molecule has 94 valence electrons. The Morgan fingerprint density at radius 2 is 2.05 bits per heavy atom. The van der Waals surface area contributed by atoms with Crippen LogP contribution in [0.4, 0.5) is 0 Å². The molecular weight excluding hydrogens is 355 g/mol. The highest BCUT2D eigenvalue weighted by atomic mass is 127. The summed E-state index contributed by atoms with van der Waals surface area (Å²) in [5.41, 5.74) is 1.96. The van der Waals surface area contributed by atoms with Crippen molar-refractivity contribution in [1.82, 2.24) is 9.78 Å². The van der Waals surface area contributed by atoms with Crippen molar-refractivity contribution in [1.29, 1.82) is 0 Å². The van der Waals surface area contributed by atoms with Crippen molar-refractivity contribution >= 4 is 39.5 Å². The topological polar surface area (TPSA) is 55.1 Å². The summed E-state index contributed by atoms with van der Waals surface area (Å²) in [7, 11) is 0. The van der Waals surface area contributed by atoms with Gasteiger partial charge in [0.2, 0.25) is 0 Å². The van der Waals surface area contributed by atoms with Crippen LogP contribution >= 0.6 is 22.6 Å². The summed E-state index contributed by atoms with van der Waals surface area (Å²) in [5.74, 6) is -0.937. The molecule has 0 saturated heterocycles. The van der Waals surface area contributed by atoms with Gasteiger partial charge in [-0.1, -0.05) is 6.07 Å². The fraction of sp³-hybridized carbons (Fsp3) is 0. The van der Waals surface area contributed by atoms with Gasteiger partial charge in [0.15, 0.2) is 0 Å². The third-order valence-corrected chi connectivity index (χ3v) is 3.54. The monoisotopic (exact) mass is 364 g/mol. The number of aromatic carboxylic acids is 1. The number of benzene rings is 2. The summed E-state index contributed by atoms with van der Waals surface area (Å²) >= 11 is 2.25. The first-order chi connectivity index (χ1) is 9.15. The number of carboxylic acid groups (broad SMARTS) is 1. The van der Waals surface area contributed by atoms with Gasteiger partial charge in [-0.3, -0.25) is 0 Å². The zero-order valence-corrected chi connectivity index (χ0v) is 11.9. The van der Waals surface area contributed by atoms with E-state index in [-0.39, 0.29) is 5.56 Å². The van der Waals surface area contributed by atoms with Crippen molar-refractivity contribution in [3.63, 3.8) is 0 Å². The highest BCUT2D eigenvalue weighted by Crippen LogP contribution is 2.21. The first kappa shape index (κ1) is 12.2. The molecule has 0 amide bonds. The molecule has 19 heavy (non-hydrogen) atoms. The Balaban J connectivity index is 2.19. The van der Waals surface area contributed by atoms with Crippen LogP contribution in [0.25, 0.3) is 16.6 Å². The number of halogens is 1. The Labute approximate surface area is 122 Å². The summed E-state index contributed by atoms with van der Waals surface area (Å²) in [5, 5.41) is 14.4. The van der Waals surface area contributed by atoms with Crippen LogP contribution < -0.4 is 0 Å². The molecule has 1 heterocycles. The van der Waals surface area contributed by atoms with Gasteiger partial charge in [-0.05, 0) is 59.0 Å². The number of rotatable bonds is 2. The fourth-order valence-corrected chi connectivity index (χ4v) is 2.50. The molecule has 0 bridgehead atoms. The van der Waals surface area contributed by atoms with Crippen LogP contribution in [-0.4, -0.2) is 20.9 Å². The maximum absolute atomic E-state index is 11.0. The predicted octanol–water partition coefficient (Wildman–Crippen LogP) is 3.33. The lowest BCUT2D eigenvalue weighted by Gasteiger charge is -2.04. The molecule has 3 aromatic rings. The van der Waals surface area contributed by atoms with E-state index in [4.69, 9.17) is 5.11 Å². The molecule has 0 fully saturated rings. The van der Waals surface area contributed by atoms with Crippen molar-refractivity contribution < 1.29 is 9.90 Å². The maximum atomic E-state index is 11.0. The standard InChI is InChI=1S/C14H9IN2O2/c15-11-4-5-13-10(6-11)8-16-17(13)12-3-1-2-9(7-12)14(18)19/h1-8H,(H,18,19). The highest BCUT2D eigenvalue weighted by Gasteiger charge is 2.08. The van der Waals surface area contributed by atoms with E-state index >= 15 is 0 Å². The molecular formula is C14H9IN2O2. The van der Waals surface area contributed by atoms with Gasteiger partial charge in [0, 0.05) is 8.96 Å². The van der Waals surface area contributed by atoms with Gasteiger partial charge in [-0.2, -0.15) is 5.10 Å². The summed E-state index contributed by atoms with van der Waals surface area (Å²) in [4.78, 5) is 11.0. The minimum Gasteiger partial charge on any atom is -0.478 e. The molecule has 0 radical (unpaired) electrons. The Kier molecular flexibility index (Phi) is 2.98. The third-order valence-electron chi connectivity index (χ3n) is 2.87. The fourth-order valence-electron chi connectivity index (χ4n) is 1.98. The van der Waals surface area contributed by atoms with Crippen LogP contribution in [0.1, 0.15) is 10.4 Å². The van der Waals surface area contributed by atoms with Crippen molar-refractivity contribution in [2.24, 2.45) is 0 Å². The average molecular weight is 364 g/mol. The minimum atomic E-state index is -0.937. The Hall–Kier alpha value is -1.89. The second-order valence-electron chi connectivity index (χ2n) is 4.11. The number of carbonyl (C=O) groups is 1. The number of nitrogens with zero attached hydrogens (tertiary/aromatic N) is 2. The summed E-state index contributed by atoms with van der Waals surface area (Å²) in [6, 6.07) is 12.8. The van der Waals surface area contributed by atoms with Crippen molar-refractivity contribution in [2.75, 3.05) is 0 Å². The summed E-state index contributed by atoms with van der Waals surface area (Å²) in [6.45, 7) is 0. The van der Waals surface area contributed by atoms with Crippen LogP contribution in [0, 0.1) is 3.57 Å². The van der Waals surface area contributed by atoms with Crippen LogP contribution in [0.2, 0.25) is 0 Å². The quantitative estimate of drug-likeness (QED) is 0.710. The van der Waals surface area contributed by atoms with Crippen LogP contribution in [0.15, 0.2) is 48.7 Å². The normalized spacial score (nSPS) is 10.8. The van der Waals surface area contributed by atoms with Gasteiger partial charge < -0.3 is 5.11 Å². The van der Waals surface area contributed by atoms with Crippen molar-refractivity contribution in [3.8, 4) is 5.69 Å². The minimum absolute atomic E-state index is 0.256.